The Morgan fingerprint density at radius 3 is 2.82 bits per heavy atom. The van der Waals surface area contributed by atoms with Gasteiger partial charge in [-0.2, -0.15) is 0 Å². The summed E-state index contributed by atoms with van der Waals surface area (Å²) < 4.78 is 23.8. The van der Waals surface area contributed by atoms with E-state index in [4.69, 9.17) is 9.47 Å². The molecule has 0 saturated carbocycles. The van der Waals surface area contributed by atoms with E-state index in [0.29, 0.717) is 36.8 Å². The van der Waals surface area contributed by atoms with E-state index in [1.807, 2.05) is 0 Å². The number of halogens is 2. The van der Waals surface area contributed by atoms with Crippen LogP contribution in [0.3, 0.4) is 0 Å². The number of hydrogen-bond acceptors (Lipinski definition) is 4. The average molecular weight is 333 g/mol. The summed E-state index contributed by atoms with van der Waals surface area (Å²) in [6, 6.07) is 4.33. The summed E-state index contributed by atoms with van der Waals surface area (Å²) in [4.78, 5) is 12.0. The van der Waals surface area contributed by atoms with Gasteiger partial charge < -0.3 is 20.1 Å². The van der Waals surface area contributed by atoms with E-state index in [2.05, 4.69) is 10.6 Å². The van der Waals surface area contributed by atoms with Crippen molar-refractivity contribution < 1.29 is 18.7 Å². The molecule has 0 aliphatic carbocycles. The molecule has 1 aliphatic rings. The van der Waals surface area contributed by atoms with Crippen LogP contribution < -0.4 is 10.6 Å². The third-order valence-corrected chi connectivity index (χ3v) is 3.41. The molecular weight excluding hydrogens is 311 g/mol. The van der Waals surface area contributed by atoms with Gasteiger partial charge in [0.2, 0.25) is 0 Å². The standard InChI is InChI=1S/C15H21FN2O3.ClH/c1-20-4-5-21-10-13-6-12(2-3-14(13)16)15(19)18-9-11-7-17-8-11;/h2-3,6,11,17H,4-5,7-10H2,1H3,(H,18,19);1H. The van der Waals surface area contributed by atoms with Crippen molar-refractivity contribution in [2.75, 3.05) is 40.0 Å². The molecule has 2 rings (SSSR count). The first kappa shape index (κ1) is 18.8. The van der Waals surface area contributed by atoms with E-state index in [0.717, 1.165) is 13.1 Å². The summed E-state index contributed by atoms with van der Waals surface area (Å²) in [7, 11) is 1.58. The topological polar surface area (TPSA) is 59.6 Å². The molecule has 1 fully saturated rings. The first-order valence-corrected chi connectivity index (χ1v) is 7.04. The van der Waals surface area contributed by atoms with Gasteiger partial charge in [-0.15, -0.1) is 12.4 Å². The third kappa shape index (κ3) is 5.53. The summed E-state index contributed by atoms with van der Waals surface area (Å²) in [5.41, 5.74) is 0.832. The molecule has 124 valence electrons. The molecule has 22 heavy (non-hydrogen) atoms. The number of nitrogens with one attached hydrogen (secondary N) is 2. The Balaban J connectivity index is 0.00000242. The molecular formula is C15H22ClFN2O3. The number of ether oxygens (including phenoxy) is 2. The number of hydrogen-bond donors (Lipinski definition) is 2. The highest BCUT2D eigenvalue weighted by molar-refractivity contribution is 5.94. The largest absolute Gasteiger partial charge is 0.382 e. The Bertz CT molecular complexity index is 484. The maximum atomic E-state index is 13.7. The number of carbonyl (C=O) groups excluding carboxylic acids is 1. The molecule has 0 aromatic heterocycles. The predicted octanol–water partition coefficient (Wildman–Crippen LogP) is 1.36. The van der Waals surface area contributed by atoms with Crippen molar-refractivity contribution in [3.63, 3.8) is 0 Å². The maximum Gasteiger partial charge on any atom is 0.251 e. The second-order valence-electron chi connectivity index (χ2n) is 5.09. The van der Waals surface area contributed by atoms with Crippen LogP contribution in [0, 0.1) is 11.7 Å². The highest BCUT2D eigenvalue weighted by atomic mass is 35.5. The fraction of sp³-hybridized carbons (Fsp3) is 0.533. The molecule has 5 nitrogen and oxygen atoms in total. The number of carbonyl (C=O) groups is 1. The second-order valence-corrected chi connectivity index (χ2v) is 5.09. The molecule has 1 amide bonds. The number of amides is 1. The van der Waals surface area contributed by atoms with Gasteiger partial charge in [-0.1, -0.05) is 0 Å². The van der Waals surface area contributed by atoms with Crippen LogP contribution in [0.5, 0.6) is 0 Å². The van der Waals surface area contributed by atoms with Crippen molar-refractivity contribution in [3.05, 3.63) is 35.1 Å². The van der Waals surface area contributed by atoms with Gasteiger partial charge in [-0.3, -0.25) is 4.79 Å². The van der Waals surface area contributed by atoms with Crippen LogP contribution in [0.15, 0.2) is 18.2 Å². The molecule has 0 bridgehead atoms. The van der Waals surface area contributed by atoms with Crippen molar-refractivity contribution in [2.45, 2.75) is 6.61 Å². The molecule has 1 aromatic rings. The normalized spacial score (nSPS) is 14.1. The average Bonchev–Trinajstić information content (AvgIpc) is 2.43. The molecule has 7 heteroatoms. The minimum Gasteiger partial charge on any atom is -0.382 e. The van der Waals surface area contributed by atoms with Crippen molar-refractivity contribution in [1.29, 1.82) is 0 Å². The first-order valence-electron chi connectivity index (χ1n) is 7.04. The van der Waals surface area contributed by atoms with Gasteiger partial charge in [0.1, 0.15) is 5.82 Å². The van der Waals surface area contributed by atoms with Crippen LogP contribution in [-0.2, 0) is 16.1 Å². The van der Waals surface area contributed by atoms with Crippen LogP contribution in [-0.4, -0.2) is 45.9 Å². The van der Waals surface area contributed by atoms with Gasteiger partial charge in [-0.25, -0.2) is 4.39 Å². The van der Waals surface area contributed by atoms with Crippen molar-refractivity contribution in [1.82, 2.24) is 10.6 Å². The van der Waals surface area contributed by atoms with Gasteiger partial charge in [0, 0.05) is 43.8 Å². The Kier molecular flexibility index (Phi) is 8.34. The van der Waals surface area contributed by atoms with Crippen molar-refractivity contribution in [3.8, 4) is 0 Å². The Morgan fingerprint density at radius 1 is 1.41 bits per heavy atom. The fourth-order valence-electron chi connectivity index (χ4n) is 1.98. The van der Waals surface area contributed by atoms with E-state index in [1.54, 1.807) is 7.11 Å². The summed E-state index contributed by atoms with van der Waals surface area (Å²) in [6.07, 6.45) is 0. The molecule has 0 radical (unpaired) electrons. The molecule has 0 spiro atoms. The van der Waals surface area contributed by atoms with Crippen LogP contribution in [0.25, 0.3) is 0 Å². The smallest absolute Gasteiger partial charge is 0.251 e. The van der Waals surface area contributed by atoms with Gasteiger partial charge in [0.15, 0.2) is 0 Å². The minimum atomic E-state index is -0.368. The summed E-state index contributed by atoms with van der Waals surface area (Å²) in [5, 5.41) is 6.01. The SMILES string of the molecule is COCCOCc1cc(C(=O)NCC2CNC2)ccc1F.Cl. The number of benzene rings is 1. The van der Waals surface area contributed by atoms with E-state index in [-0.39, 0.29) is 30.7 Å². The fourth-order valence-corrected chi connectivity index (χ4v) is 1.98. The molecule has 0 unspecified atom stereocenters. The first-order chi connectivity index (χ1) is 10.2. The molecule has 1 aromatic carbocycles. The van der Waals surface area contributed by atoms with Gasteiger partial charge >= 0.3 is 0 Å². The summed E-state index contributed by atoms with van der Waals surface area (Å²) in [6.45, 7) is 3.48. The van der Waals surface area contributed by atoms with Crippen LogP contribution in [0.2, 0.25) is 0 Å². The van der Waals surface area contributed by atoms with Crippen LogP contribution in [0.1, 0.15) is 15.9 Å². The zero-order valence-corrected chi connectivity index (χ0v) is 13.4. The maximum absolute atomic E-state index is 13.7. The van der Waals surface area contributed by atoms with Crippen LogP contribution >= 0.6 is 12.4 Å². The zero-order valence-electron chi connectivity index (χ0n) is 12.6. The lowest BCUT2D eigenvalue weighted by atomic mass is 10.0. The predicted molar refractivity (Wildman–Crippen MR) is 83.9 cm³/mol. The quantitative estimate of drug-likeness (QED) is 0.706. The van der Waals surface area contributed by atoms with Crippen LogP contribution in [0.4, 0.5) is 4.39 Å². The van der Waals surface area contributed by atoms with Crippen molar-refractivity contribution >= 4 is 18.3 Å². The lowest BCUT2D eigenvalue weighted by Gasteiger charge is -2.27. The molecule has 1 heterocycles. The number of rotatable bonds is 8. The zero-order chi connectivity index (χ0) is 15.1. The summed E-state index contributed by atoms with van der Waals surface area (Å²) >= 11 is 0. The Morgan fingerprint density at radius 2 is 2.18 bits per heavy atom. The van der Waals surface area contributed by atoms with Gasteiger partial charge in [0.05, 0.1) is 19.8 Å². The molecule has 2 N–H and O–H groups in total. The minimum absolute atomic E-state index is 0. The lowest BCUT2D eigenvalue weighted by molar-refractivity contribution is 0.0604. The molecule has 1 aliphatic heterocycles. The Hall–Kier alpha value is -1.21. The second kappa shape index (κ2) is 9.74. The third-order valence-electron chi connectivity index (χ3n) is 3.41. The van der Waals surface area contributed by atoms with E-state index in [9.17, 15) is 9.18 Å². The van der Waals surface area contributed by atoms with E-state index >= 15 is 0 Å². The monoisotopic (exact) mass is 332 g/mol. The molecule has 0 atom stereocenters. The molecule has 1 saturated heterocycles. The lowest BCUT2D eigenvalue weighted by Crippen LogP contribution is -2.48. The number of methoxy groups -OCH3 is 1. The van der Waals surface area contributed by atoms with Gasteiger partial charge in [-0.05, 0) is 18.2 Å². The van der Waals surface area contributed by atoms with E-state index in [1.165, 1.54) is 18.2 Å². The van der Waals surface area contributed by atoms with Crippen molar-refractivity contribution in [2.24, 2.45) is 5.92 Å². The summed E-state index contributed by atoms with van der Waals surface area (Å²) in [5.74, 6) is -0.0570. The Labute approximate surface area is 136 Å². The van der Waals surface area contributed by atoms with E-state index < -0.39 is 0 Å². The highest BCUT2D eigenvalue weighted by Gasteiger charge is 2.18. The highest BCUT2D eigenvalue weighted by Crippen LogP contribution is 2.12. The van der Waals surface area contributed by atoms with Gasteiger partial charge in [0.25, 0.3) is 5.91 Å².